The molecule has 2 nitrogen and oxygen atoms in total. The van der Waals surface area contributed by atoms with Crippen LogP contribution < -0.4 is 4.90 Å². The van der Waals surface area contributed by atoms with Crippen LogP contribution in [0.1, 0.15) is 5.56 Å². The number of nitrogens with zero attached hydrogens (tertiary/aromatic N) is 1. The van der Waals surface area contributed by atoms with Crippen molar-refractivity contribution < 1.29 is 13.5 Å². The van der Waals surface area contributed by atoms with Gasteiger partial charge in [-0.3, -0.25) is 0 Å². The van der Waals surface area contributed by atoms with Crippen molar-refractivity contribution in [3.05, 3.63) is 29.3 Å². The lowest BCUT2D eigenvalue weighted by atomic mass is 10.2. The number of ether oxygens (including phenoxy) is 1. The SMILES string of the molecule is Fc1cc(CCl)cc(F)c1N1CCOCC1. The minimum atomic E-state index is -0.558. The predicted molar refractivity (Wildman–Crippen MR) is 58.9 cm³/mol. The fourth-order valence-corrected chi connectivity index (χ4v) is 1.94. The van der Waals surface area contributed by atoms with Crippen molar-refractivity contribution in [1.29, 1.82) is 0 Å². The molecular weight excluding hydrogens is 236 g/mol. The number of halogens is 3. The van der Waals surface area contributed by atoms with Gasteiger partial charge in [0, 0.05) is 19.0 Å². The fraction of sp³-hybridized carbons (Fsp3) is 0.455. The number of benzene rings is 1. The number of alkyl halides is 1. The summed E-state index contributed by atoms with van der Waals surface area (Å²) < 4.78 is 32.5. The van der Waals surface area contributed by atoms with E-state index in [-0.39, 0.29) is 11.6 Å². The van der Waals surface area contributed by atoms with Crippen molar-refractivity contribution >= 4 is 17.3 Å². The summed E-state index contributed by atoms with van der Waals surface area (Å²) in [6.07, 6.45) is 0. The Bertz CT molecular complexity index is 357. The Morgan fingerprint density at radius 3 is 2.25 bits per heavy atom. The highest BCUT2D eigenvalue weighted by Crippen LogP contribution is 2.26. The topological polar surface area (TPSA) is 12.5 Å². The van der Waals surface area contributed by atoms with Crippen LogP contribution in [0.3, 0.4) is 0 Å². The van der Waals surface area contributed by atoms with E-state index >= 15 is 0 Å². The van der Waals surface area contributed by atoms with Crippen molar-refractivity contribution in [3.8, 4) is 0 Å². The van der Waals surface area contributed by atoms with Gasteiger partial charge in [-0.2, -0.15) is 0 Å². The minimum absolute atomic E-state index is 0.0252. The van der Waals surface area contributed by atoms with Crippen LogP contribution in [0.15, 0.2) is 12.1 Å². The second-order valence-corrected chi connectivity index (χ2v) is 3.91. The van der Waals surface area contributed by atoms with Gasteiger partial charge in [0.05, 0.1) is 13.2 Å². The zero-order valence-electron chi connectivity index (χ0n) is 8.68. The Morgan fingerprint density at radius 1 is 1.19 bits per heavy atom. The molecule has 88 valence electrons. The Morgan fingerprint density at radius 2 is 1.75 bits per heavy atom. The fourth-order valence-electron chi connectivity index (χ4n) is 1.78. The average Bonchev–Trinajstić information content (AvgIpc) is 2.29. The van der Waals surface area contributed by atoms with Crippen LogP contribution in [0.5, 0.6) is 0 Å². The van der Waals surface area contributed by atoms with Crippen molar-refractivity contribution in [2.75, 3.05) is 31.2 Å². The molecule has 0 bridgehead atoms. The van der Waals surface area contributed by atoms with Crippen LogP contribution in [0, 0.1) is 11.6 Å². The van der Waals surface area contributed by atoms with Gasteiger partial charge < -0.3 is 9.64 Å². The number of anilines is 1. The van der Waals surface area contributed by atoms with Gasteiger partial charge in [0.15, 0.2) is 0 Å². The van der Waals surface area contributed by atoms with Gasteiger partial charge in [0.1, 0.15) is 17.3 Å². The summed E-state index contributed by atoms with van der Waals surface area (Å²) in [7, 11) is 0. The molecule has 1 aliphatic rings. The normalized spacial score (nSPS) is 16.6. The van der Waals surface area contributed by atoms with Crippen molar-refractivity contribution in [2.24, 2.45) is 0 Å². The number of rotatable bonds is 2. The lowest BCUT2D eigenvalue weighted by Gasteiger charge is -2.29. The van der Waals surface area contributed by atoms with E-state index in [1.54, 1.807) is 4.90 Å². The summed E-state index contributed by atoms with van der Waals surface area (Å²) in [5.41, 5.74) is 0.478. The van der Waals surface area contributed by atoms with E-state index in [1.807, 2.05) is 0 Å². The minimum Gasteiger partial charge on any atom is -0.378 e. The molecule has 1 fully saturated rings. The standard InChI is InChI=1S/C11H12ClF2NO/c12-7-8-5-9(13)11(10(14)6-8)15-1-3-16-4-2-15/h5-6H,1-4,7H2. The molecule has 0 saturated carbocycles. The molecule has 0 aromatic heterocycles. The first-order chi connectivity index (χ1) is 7.72. The van der Waals surface area contributed by atoms with Crippen LogP contribution in [-0.4, -0.2) is 26.3 Å². The third-order valence-electron chi connectivity index (χ3n) is 2.56. The molecule has 2 rings (SSSR count). The van der Waals surface area contributed by atoms with Gasteiger partial charge in [-0.25, -0.2) is 8.78 Å². The lowest BCUT2D eigenvalue weighted by Crippen LogP contribution is -2.37. The van der Waals surface area contributed by atoms with E-state index < -0.39 is 11.6 Å². The van der Waals surface area contributed by atoms with Crippen LogP contribution >= 0.6 is 11.6 Å². The highest BCUT2D eigenvalue weighted by atomic mass is 35.5. The summed E-state index contributed by atoms with van der Waals surface area (Å²) in [5, 5.41) is 0. The summed E-state index contributed by atoms with van der Waals surface area (Å²) in [5.74, 6) is -1.01. The second kappa shape index (κ2) is 4.97. The largest absolute Gasteiger partial charge is 0.378 e. The van der Waals surface area contributed by atoms with Gasteiger partial charge in [-0.15, -0.1) is 11.6 Å². The van der Waals surface area contributed by atoms with Gasteiger partial charge in [-0.05, 0) is 17.7 Å². The summed E-state index contributed by atoms with van der Waals surface area (Å²) in [6, 6.07) is 2.56. The molecule has 5 heteroatoms. The first kappa shape index (κ1) is 11.6. The average molecular weight is 248 g/mol. The molecule has 1 aliphatic heterocycles. The molecule has 1 saturated heterocycles. The van der Waals surface area contributed by atoms with Crippen molar-refractivity contribution in [3.63, 3.8) is 0 Å². The third kappa shape index (κ3) is 2.28. The highest BCUT2D eigenvalue weighted by Gasteiger charge is 2.19. The van der Waals surface area contributed by atoms with Gasteiger partial charge >= 0.3 is 0 Å². The molecule has 0 radical (unpaired) electrons. The molecule has 0 unspecified atom stereocenters. The third-order valence-corrected chi connectivity index (χ3v) is 2.87. The number of morpholine rings is 1. The molecule has 0 aliphatic carbocycles. The monoisotopic (exact) mass is 247 g/mol. The van der Waals surface area contributed by atoms with Crippen LogP contribution in [0.25, 0.3) is 0 Å². The van der Waals surface area contributed by atoms with E-state index in [0.717, 1.165) is 0 Å². The first-order valence-corrected chi connectivity index (χ1v) is 5.62. The van der Waals surface area contributed by atoms with E-state index in [1.165, 1.54) is 12.1 Å². The first-order valence-electron chi connectivity index (χ1n) is 5.09. The highest BCUT2D eigenvalue weighted by molar-refractivity contribution is 6.17. The molecule has 1 aromatic rings. The Kier molecular flexibility index (Phi) is 3.61. The Labute approximate surface area is 97.8 Å². The maximum atomic E-state index is 13.7. The van der Waals surface area contributed by atoms with Crippen molar-refractivity contribution in [2.45, 2.75) is 5.88 Å². The molecule has 1 aromatic carbocycles. The molecule has 16 heavy (non-hydrogen) atoms. The lowest BCUT2D eigenvalue weighted by molar-refractivity contribution is 0.122. The molecule has 1 heterocycles. The second-order valence-electron chi connectivity index (χ2n) is 3.64. The predicted octanol–water partition coefficient (Wildman–Crippen LogP) is 2.54. The van der Waals surface area contributed by atoms with Crippen LogP contribution in [-0.2, 0) is 10.6 Å². The Balaban J connectivity index is 2.32. The molecule has 0 atom stereocenters. The molecule has 0 amide bonds. The number of hydrogen-bond donors (Lipinski definition) is 0. The van der Waals surface area contributed by atoms with Gasteiger partial charge in [0.25, 0.3) is 0 Å². The molecular formula is C11H12ClF2NO. The van der Waals surface area contributed by atoms with Crippen LogP contribution in [0.4, 0.5) is 14.5 Å². The maximum Gasteiger partial charge on any atom is 0.149 e. The molecule has 0 spiro atoms. The van der Waals surface area contributed by atoms with E-state index in [2.05, 4.69) is 0 Å². The van der Waals surface area contributed by atoms with E-state index in [0.29, 0.717) is 31.9 Å². The number of hydrogen-bond acceptors (Lipinski definition) is 2. The van der Waals surface area contributed by atoms with Gasteiger partial charge in [0.2, 0.25) is 0 Å². The summed E-state index contributed by atoms with van der Waals surface area (Å²) in [6.45, 7) is 2.01. The van der Waals surface area contributed by atoms with E-state index in [9.17, 15) is 8.78 Å². The Hall–Kier alpha value is -0.870. The zero-order chi connectivity index (χ0) is 11.5. The van der Waals surface area contributed by atoms with E-state index in [4.69, 9.17) is 16.3 Å². The van der Waals surface area contributed by atoms with Gasteiger partial charge in [-0.1, -0.05) is 0 Å². The summed E-state index contributed by atoms with van der Waals surface area (Å²) in [4.78, 5) is 1.66. The van der Waals surface area contributed by atoms with Crippen molar-refractivity contribution in [1.82, 2.24) is 0 Å². The molecule has 0 N–H and O–H groups in total. The summed E-state index contributed by atoms with van der Waals surface area (Å²) >= 11 is 5.54. The zero-order valence-corrected chi connectivity index (χ0v) is 9.44. The maximum absolute atomic E-state index is 13.7. The smallest absolute Gasteiger partial charge is 0.149 e. The van der Waals surface area contributed by atoms with Crippen LogP contribution in [0.2, 0.25) is 0 Å². The quantitative estimate of drug-likeness (QED) is 0.745.